The Hall–Kier alpha value is -1.92. The van der Waals surface area contributed by atoms with E-state index in [2.05, 4.69) is 162 Å². The standard InChI is InChI=1S/C27H28NS.C13H29N3.Ir/c1-26(2,3)20-11-7-18(8-12-20)24-17-22-23(29-24)15-16-28-25(22)19-9-13-21(14-10-19)27(4,5)6;1-9(2)14-13(15-10(3)4)16(11(5)6)12(7)8;/h7-9,11-17H,1-6H3;9-13H,1-8H3;/q-1;-2;+3. The van der Waals surface area contributed by atoms with Gasteiger partial charge in [-0.1, -0.05) is 93.5 Å². The number of thiophene rings is 1. The van der Waals surface area contributed by atoms with Crippen LogP contribution in [0.25, 0.3) is 42.4 Å². The quantitative estimate of drug-likeness (QED) is 0.158. The molecule has 0 saturated carbocycles. The fourth-order valence-corrected chi connectivity index (χ4v) is 6.41. The van der Waals surface area contributed by atoms with Gasteiger partial charge in [-0.15, -0.1) is 58.8 Å². The third kappa shape index (κ3) is 11.1. The van der Waals surface area contributed by atoms with Gasteiger partial charge in [0.1, 0.15) is 0 Å². The zero-order valence-electron chi connectivity index (χ0n) is 30.7. The van der Waals surface area contributed by atoms with Gasteiger partial charge in [-0.3, -0.25) is 0 Å². The molecular formula is C40H57IrN4S. The molecule has 0 unspecified atom stereocenters. The third-order valence-electron chi connectivity index (χ3n) is 7.74. The number of rotatable bonds is 9. The van der Waals surface area contributed by atoms with Crippen molar-refractivity contribution < 1.29 is 20.1 Å². The van der Waals surface area contributed by atoms with Crippen molar-refractivity contribution in [3.8, 4) is 21.7 Å². The second kappa shape index (κ2) is 17.0. The van der Waals surface area contributed by atoms with E-state index in [1.54, 1.807) is 0 Å². The molecule has 252 valence electrons. The van der Waals surface area contributed by atoms with Crippen LogP contribution in [0.4, 0.5) is 0 Å². The van der Waals surface area contributed by atoms with Gasteiger partial charge in [-0.05, 0) is 72.9 Å². The summed E-state index contributed by atoms with van der Waals surface area (Å²) in [5.74, 6) is 0. The van der Waals surface area contributed by atoms with Crippen LogP contribution in [0.2, 0.25) is 0 Å². The first-order valence-corrected chi connectivity index (χ1v) is 17.4. The van der Waals surface area contributed by atoms with E-state index in [-0.39, 0.29) is 37.2 Å². The number of hydrogen-bond acceptors (Lipinski definition) is 3. The first kappa shape index (κ1) is 40.3. The van der Waals surface area contributed by atoms with E-state index in [0.29, 0.717) is 24.2 Å². The van der Waals surface area contributed by atoms with Gasteiger partial charge < -0.3 is 20.5 Å². The first-order valence-electron chi connectivity index (χ1n) is 16.6. The summed E-state index contributed by atoms with van der Waals surface area (Å²) in [4.78, 5) is 8.34. The molecule has 0 bridgehead atoms. The summed E-state index contributed by atoms with van der Waals surface area (Å²) in [5, 5.41) is 10.6. The Labute approximate surface area is 298 Å². The molecule has 0 atom stereocenters. The van der Waals surface area contributed by atoms with Crippen molar-refractivity contribution in [1.29, 1.82) is 0 Å². The molecule has 0 N–H and O–H groups in total. The van der Waals surface area contributed by atoms with E-state index in [4.69, 9.17) is 15.6 Å². The number of pyridine rings is 1. The number of fused-ring (bicyclic) bond motifs is 1. The maximum Gasteiger partial charge on any atom is 3.00 e. The summed E-state index contributed by atoms with van der Waals surface area (Å²) in [5.41, 5.74) is 6.27. The Kier molecular flexibility index (Phi) is 14.8. The Bertz CT molecular complexity index is 1460. The number of benzene rings is 2. The van der Waals surface area contributed by atoms with Gasteiger partial charge in [0.2, 0.25) is 0 Å². The third-order valence-corrected chi connectivity index (χ3v) is 8.89. The summed E-state index contributed by atoms with van der Waals surface area (Å²) in [6, 6.07) is 24.9. The Morgan fingerprint density at radius 1 is 0.717 bits per heavy atom. The summed E-state index contributed by atoms with van der Waals surface area (Å²) >= 11 is 1.83. The van der Waals surface area contributed by atoms with Crippen LogP contribution in [0.1, 0.15) is 108 Å². The van der Waals surface area contributed by atoms with E-state index in [1.807, 2.05) is 17.5 Å². The molecule has 0 aliphatic heterocycles. The minimum Gasteiger partial charge on any atom is -0.663 e. The van der Waals surface area contributed by atoms with Crippen molar-refractivity contribution >= 4 is 21.4 Å². The van der Waals surface area contributed by atoms with Crippen molar-refractivity contribution in [3.05, 3.63) is 88.6 Å². The summed E-state index contributed by atoms with van der Waals surface area (Å²) in [6.45, 7) is 30.7. The first-order chi connectivity index (χ1) is 20.9. The van der Waals surface area contributed by atoms with E-state index in [9.17, 15) is 0 Å². The Balaban J connectivity index is 0.000000373. The van der Waals surface area contributed by atoms with Gasteiger partial charge in [-0.2, -0.15) is 6.29 Å². The smallest absolute Gasteiger partial charge is 0.663 e. The van der Waals surface area contributed by atoms with Gasteiger partial charge in [0.15, 0.2) is 0 Å². The molecule has 0 amide bonds. The molecule has 0 saturated heterocycles. The number of aromatic nitrogens is 1. The normalized spacial score (nSPS) is 12.4. The molecule has 2 heterocycles. The fourth-order valence-electron chi connectivity index (χ4n) is 5.35. The second-order valence-electron chi connectivity index (χ2n) is 15.2. The molecule has 2 aromatic heterocycles. The zero-order valence-corrected chi connectivity index (χ0v) is 33.9. The van der Waals surface area contributed by atoms with Crippen molar-refractivity contribution in [2.45, 2.75) is 138 Å². The monoisotopic (exact) mass is 818 g/mol. The molecule has 4 aromatic rings. The van der Waals surface area contributed by atoms with Crippen LogP contribution in [0.15, 0.2) is 60.8 Å². The molecule has 4 rings (SSSR count). The minimum absolute atomic E-state index is 0. The van der Waals surface area contributed by atoms with Crippen molar-refractivity contribution in [3.63, 3.8) is 0 Å². The molecule has 0 spiro atoms. The van der Waals surface area contributed by atoms with Gasteiger partial charge in [0, 0.05) is 27.9 Å². The van der Waals surface area contributed by atoms with Gasteiger partial charge in [0.05, 0.1) is 0 Å². The predicted octanol–water partition coefficient (Wildman–Crippen LogP) is 12.0. The van der Waals surface area contributed by atoms with Gasteiger partial charge in [0.25, 0.3) is 0 Å². The van der Waals surface area contributed by atoms with Gasteiger partial charge >= 0.3 is 20.1 Å². The molecule has 6 heteroatoms. The molecule has 46 heavy (non-hydrogen) atoms. The van der Waals surface area contributed by atoms with E-state index in [1.165, 1.54) is 31.7 Å². The van der Waals surface area contributed by atoms with Crippen molar-refractivity contribution in [2.24, 2.45) is 0 Å². The largest absolute Gasteiger partial charge is 3.00 e. The van der Waals surface area contributed by atoms with E-state index < -0.39 is 0 Å². The maximum absolute atomic E-state index is 4.72. The number of nitrogens with zero attached hydrogens (tertiary/aromatic N) is 4. The molecule has 0 aliphatic carbocycles. The average Bonchev–Trinajstić information content (AvgIpc) is 3.36. The average molecular weight is 818 g/mol. The Morgan fingerprint density at radius 3 is 1.67 bits per heavy atom. The molecule has 2 aromatic carbocycles. The molecular weight excluding hydrogens is 761 g/mol. The van der Waals surface area contributed by atoms with E-state index >= 15 is 0 Å². The van der Waals surface area contributed by atoms with Crippen LogP contribution < -0.4 is 0 Å². The van der Waals surface area contributed by atoms with Gasteiger partial charge in [-0.25, -0.2) is 0 Å². The van der Waals surface area contributed by atoms with Crippen LogP contribution in [-0.2, 0) is 30.9 Å². The fraction of sp³-hybridized carbons (Fsp3) is 0.525. The summed E-state index contributed by atoms with van der Waals surface area (Å²) in [7, 11) is 0. The molecule has 4 nitrogen and oxygen atoms in total. The van der Waals surface area contributed by atoms with Crippen LogP contribution in [0, 0.1) is 6.07 Å². The topological polar surface area (TPSA) is 44.3 Å². The zero-order chi connectivity index (χ0) is 33.7. The summed E-state index contributed by atoms with van der Waals surface area (Å²) < 4.78 is 1.26. The maximum atomic E-state index is 4.72. The van der Waals surface area contributed by atoms with Crippen LogP contribution in [-0.4, -0.2) is 40.3 Å². The van der Waals surface area contributed by atoms with Crippen LogP contribution in [0.3, 0.4) is 0 Å². The van der Waals surface area contributed by atoms with Crippen LogP contribution in [0.5, 0.6) is 0 Å². The molecule has 0 radical (unpaired) electrons. The summed E-state index contributed by atoms with van der Waals surface area (Å²) in [6.07, 6.45) is 1.91. The SMILES string of the molecule is CC(C)(C)c1c[c-]c(-c2nccc3sc(-c4ccc(C(C)(C)C)cc4)cc23)cc1.CC(C)[N-]C([N-]C(C)C)N(C(C)C)C(C)C.[Ir+3]. The minimum atomic E-state index is -0.000000000000000444. The van der Waals surface area contributed by atoms with Crippen molar-refractivity contribution in [2.75, 3.05) is 0 Å². The van der Waals surface area contributed by atoms with E-state index in [0.717, 1.165) is 11.3 Å². The van der Waals surface area contributed by atoms with Crippen molar-refractivity contribution in [1.82, 2.24) is 9.88 Å². The second-order valence-corrected chi connectivity index (χ2v) is 16.3. The molecule has 0 aliphatic rings. The molecule has 0 fully saturated rings. The van der Waals surface area contributed by atoms with Crippen LogP contribution >= 0.6 is 11.3 Å². The Morgan fingerprint density at radius 2 is 1.24 bits per heavy atom. The number of hydrogen-bond donors (Lipinski definition) is 0. The predicted molar refractivity (Wildman–Crippen MR) is 200 cm³/mol.